The standard InChI is InChI=1S/C6H15NO3.C3H9N/c1-4(8)7(5(2)9)6(3)10;1-4(2)3/h4-6,8-10H,1-3H3;1-3H3. The maximum Gasteiger partial charge on any atom is 0.108 e. The van der Waals surface area contributed by atoms with Gasteiger partial charge in [0.2, 0.25) is 0 Å². The summed E-state index contributed by atoms with van der Waals surface area (Å²) in [4.78, 5) is 3.17. The van der Waals surface area contributed by atoms with Crippen LogP contribution in [0.25, 0.3) is 0 Å². The van der Waals surface area contributed by atoms with Gasteiger partial charge in [0, 0.05) is 0 Å². The van der Waals surface area contributed by atoms with E-state index in [-0.39, 0.29) is 0 Å². The zero-order valence-corrected chi connectivity index (χ0v) is 9.97. The van der Waals surface area contributed by atoms with Gasteiger partial charge in [-0.3, -0.25) is 0 Å². The van der Waals surface area contributed by atoms with Crippen LogP contribution in [0.15, 0.2) is 0 Å². The molecule has 0 aromatic rings. The molecule has 3 N–H and O–H groups in total. The van der Waals surface area contributed by atoms with Crippen LogP contribution in [-0.4, -0.2) is 64.9 Å². The predicted octanol–water partition coefficient (Wildman–Crippen LogP) is -0.519. The summed E-state index contributed by atoms with van der Waals surface area (Å²) in [6, 6.07) is 0. The summed E-state index contributed by atoms with van der Waals surface area (Å²) < 4.78 is 0. The second-order valence-electron chi connectivity index (χ2n) is 3.68. The summed E-state index contributed by atoms with van der Waals surface area (Å²) in [5, 5.41) is 26.9. The number of aliphatic hydroxyl groups is 3. The smallest absolute Gasteiger partial charge is 0.108 e. The van der Waals surface area contributed by atoms with Crippen molar-refractivity contribution in [2.75, 3.05) is 21.1 Å². The molecule has 5 heteroatoms. The van der Waals surface area contributed by atoms with E-state index in [9.17, 15) is 0 Å². The minimum atomic E-state index is -0.833. The van der Waals surface area contributed by atoms with Crippen molar-refractivity contribution in [1.29, 1.82) is 0 Å². The topological polar surface area (TPSA) is 67.2 Å². The van der Waals surface area contributed by atoms with Crippen molar-refractivity contribution in [3.05, 3.63) is 0 Å². The average molecular weight is 208 g/mol. The molecule has 0 aliphatic carbocycles. The summed E-state index contributed by atoms with van der Waals surface area (Å²) in [5.74, 6) is 0. The lowest BCUT2D eigenvalue weighted by Gasteiger charge is -2.30. The molecule has 88 valence electrons. The lowest BCUT2D eigenvalue weighted by Crippen LogP contribution is -2.45. The van der Waals surface area contributed by atoms with Gasteiger partial charge in [-0.25, -0.2) is 4.90 Å². The van der Waals surface area contributed by atoms with Crippen molar-refractivity contribution in [3.63, 3.8) is 0 Å². The van der Waals surface area contributed by atoms with Crippen LogP contribution in [0.5, 0.6) is 0 Å². The van der Waals surface area contributed by atoms with Gasteiger partial charge in [0.25, 0.3) is 0 Å². The third-order valence-corrected chi connectivity index (χ3v) is 1.29. The molecule has 0 radical (unpaired) electrons. The Balaban J connectivity index is 0. The predicted molar refractivity (Wildman–Crippen MR) is 56.5 cm³/mol. The summed E-state index contributed by atoms with van der Waals surface area (Å²) in [5.41, 5.74) is 0. The van der Waals surface area contributed by atoms with Crippen LogP contribution in [0.2, 0.25) is 0 Å². The fraction of sp³-hybridized carbons (Fsp3) is 1.00. The minimum Gasteiger partial charge on any atom is -0.379 e. The van der Waals surface area contributed by atoms with Gasteiger partial charge in [0.1, 0.15) is 18.7 Å². The van der Waals surface area contributed by atoms with E-state index in [4.69, 9.17) is 15.3 Å². The SMILES string of the molecule is CC(O)N(C(C)O)C(C)O.CN(C)C. The van der Waals surface area contributed by atoms with Crippen molar-refractivity contribution < 1.29 is 15.3 Å². The van der Waals surface area contributed by atoms with Gasteiger partial charge in [-0.05, 0) is 41.9 Å². The molecule has 0 saturated heterocycles. The Kier molecular flexibility index (Phi) is 9.44. The van der Waals surface area contributed by atoms with Crippen molar-refractivity contribution in [2.45, 2.75) is 39.5 Å². The number of hydrogen-bond acceptors (Lipinski definition) is 5. The van der Waals surface area contributed by atoms with E-state index in [2.05, 4.69) is 0 Å². The van der Waals surface area contributed by atoms with Crippen molar-refractivity contribution >= 4 is 0 Å². The molecule has 0 amide bonds. The minimum absolute atomic E-state index is 0.833. The lowest BCUT2D eigenvalue weighted by atomic mass is 10.4. The molecule has 0 aromatic heterocycles. The number of nitrogens with zero attached hydrogens (tertiary/aromatic N) is 2. The Morgan fingerprint density at radius 2 is 0.857 bits per heavy atom. The Morgan fingerprint density at radius 3 is 0.857 bits per heavy atom. The van der Waals surface area contributed by atoms with Gasteiger partial charge < -0.3 is 20.2 Å². The summed E-state index contributed by atoms with van der Waals surface area (Å²) in [6.07, 6.45) is -2.50. The van der Waals surface area contributed by atoms with E-state index in [0.29, 0.717) is 0 Å². The Hall–Kier alpha value is -0.200. The molecule has 0 aliphatic heterocycles. The monoisotopic (exact) mass is 208 g/mol. The molecule has 0 aromatic carbocycles. The molecule has 0 saturated carbocycles. The van der Waals surface area contributed by atoms with Crippen LogP contribution < -0.4 is 0 Å². The first-order valence-electron chi connectivity index (χ1n) is 4.62. The molecule has 3 atom stereocenters. The molecular weight excluding hydrogens is 184 g/mol. The molecule has 0 spiro atoms. The first kappa shape index (κ1) is 16.2. The molecule has 0 aliphatic rings. The molecular formula is C9H24N2O3. The zero-order chi connectivity index (χ0) is 11.9. The highest BCUT2D eigenvalue weighted by atomic mass is 16.4. The van der Waals surface area contributed by atoms with Gasteiger partial charge >= 0.3 is 0 Å². The van der Waals surface area contributed by atoms with Gasteiger partial charge in [-0.2, -0.15) is 0 Å². The van der Waals surface area contributed by atoms with Crippen LogP contribution in [0.3, 0.4) is 0 Å². The van der Waals surface area contributed by atoms with Gasteiger partial charge in [0.15, 0.2) is 0 Å². The van der Waals surface area contributed by atoms with Gasteiger partial charge in [-0.1, -0.05) is 0 Å². The third-order valence-electron chi connectivity index (χ3n) is 1.29. The Bertz CT molecular complexity index is 105. The summed E-state index contributed by atoms with van der Waals surface area (Å²) in [6.45, 7) is 4.46. The van der Waals surface area contributed by atoms with Gasteiger partial charge in [-0.15, -0.1) is 0 Å². The largest absolute Gasteiger partial charge is 0.379 e. The van der Waals surface area contributed by atoms with E-state index >= 15 is 0 Å². The summed E-state index contributed by atoms with van der Waals surface area (Å²) >= 11 is 0. The molecule has 5 nitrogen and oxygen atoms in total. The van der Waals surface area contributed by atoms with Crippen LogP contribution >= 0.6 is 0 Å². The molecule has 0 rings (SSSR count). The van der Waals surface area contributed by atoms with E-state index < -0.39 is 18.7 Å². The van der Waals surface area contributed by atoms with E-state index in [1.54, 1.807) is 0 Å². The first-order valence-corrected chi connectivity index (χ1v) is 4.62. The fourth-order valence-corrected chi connectivity index (χ4v) is 0.937. The highest BCUT2D eigenvalue weighted by Gasteiger charge is 2.20. The molecule has 14 heavy (non-hydrogen) atoms. The second-order valence-corrected chi connectivity index (χ2v) is 3.68. The Labute approximate surface area is 86.6 Å². The van der Waals surface area contributed by atoms with E-state index in [1.807, 2.05) is 26.0 Å². The van der Waals surface area contributed by atoms with Crippen molar-refractivity contribution in [1.82, 2.24) is 9.80 Å². The van der Waals surface area contributed by atoms with Gasteiger partial charge in [0.05, 0.1) is 0 Å². The highest BCUT2D eigenvalue weighted by molar-refractivity contribution is 4.58. The zero-order valence-electron chi connectivity index (χ0n) is 9.97. The number of rotatable bonds is 3. The first-order chi connectivity index (χ1) is 6.20. The molecule has 0 heterocycles. The fourth-order valence-electron chi connectivity index (χ4n) is 0.937. The molecule has 0 bridgehead atoms. The van der Waals surface area contributed by atoms with Crippen LogP contribution in [0.1, 0.15) is 20.8 Å². The maximum atomic E-state index is 8.96. The van der Waals surface area contributed by atoms with E-state index in [1.165, 1.54) is 25.7 Å². The average Bonchev–Trinajstić information content (AvgIpc) is 1.80. The quantitative estimate of drug-likeness (QED) is 0.545. The number of hydrogen-bond donors (Lipinski definition) is 3. The van der Waals surface area contributed by atoms with Crippen LogP contribution in [0.4, 0.5) is 0 Å². The normalized spacial score (nSPS) is 17.4. The van der Waals surface area contributed by atoms with E-state index in [0.717, 1.165) is 0 Å². The third kappa shape index (κ3) is 9.88. The molecule has 0 fully saturated rings. The van der Waals surface area contributed by atoms with Crippen molar-refractivity contribution in [2.24, 2.45) is 0 Å². The van der Waals surface area contributed by atoms with Crippen LogP contribution in [-0.2, 0) is 0 Å². The molecule has 3 unspecified atom stereocenters. The lowest BCUT2D eigenvalue weighted by molar-refractivity contribution is -0.159. The highest BCUT2D eigenvalue weighted by Crippen LogP contribution is 2.04. The Morgan fingerprint density at radius 1 is 0.714 bits per heavy atom. The van der Waals surface area contributed by atoms with Crippen molar-refractivity contribution in [3.8, 4) is 0 Å². The maximum absolute atomic E-state index is 8.96. The second kappa shape index (κ2) is 8.14. The summed E-state index contributed by atoms with van der Waals surface area (Å²) in [7, 11) is 6.00. The number of aliphatic hydroxyl groups excluding tert-OH is 3. The van der Waals surface area contributed by atoms with Crippen LogP contribution in [0, 0.1) is 0 Å².